The Morgan fingerprint density at radius 1 is 1.36 bits per heavy atom. The van der Waals surface area contributed by atoms with Crippen molar-refractivity contribution in [3.63, 3.8) is 0 Å². The lowest BCUT2D eigenvalue weighted by atomic mass is 10.1. The summed E-state index contributed by atoms with van der Waals surface area (Å²) in [5.74, 6) is -0.568. The predicted molar refractivity (Wildman–Crippen MR) is 84.1 cm³/mol. The molecule has 1 atom stereocenters. The lowest BCUT2D eigenvalue weighted by Gasteiger charge is -2.11. The third-order valence-corrected chi connectivity index (χ3v) is 4.72. The number of thiazole rings is 1. The Bertz CT molecular complexity index is 653. The molecule has 2 N–H and O–H groups in total. The van der Waals surface area contributed by atoms with E-state index in [9.17, 15) is 14.3 Å². The quantitative estimate of drug-likeness (QED) is 0.889. The Morgan fingerprint density at radius 3 is 2.55 bits per heavy atom. The average molecular weight is 322 g/mol. The molecular weight excluding hydrogens is 303 g/mol. The lowest BCUT2D eigenvalue weighted by Crippen LogP contribution is -2.28. The van der Waals surface area contributed by atoms with E-state index in [-0.39, 0.29) is 0 Å². The van der Waals surface area contributed by atoms with Crippen LogP contribution in [0.4, 0.5) is 4.39 Å². The maximum atomic E-state index is 12.8. The van der Waals surface area contributed by atoms with Gasteiger partial charge in [-0.25, -0.2) is 9.37 Å². The van der Waals surface area contributed by atoms with Crippen LogP contribution in [0.5, 0.6) is 0 Å². The molecule has 22 heavy (non-hydrogen) atoms. The highest BCUT2D eigenvalue weighted by atomic mass is 32.1. The molecule has 0 radical (unpaired) electrons. The molecule has 0 aliphatic heterocycles. The van der Waals surface area contributed by atoms with Crippen LogP contribution in [-0.2, 0) is 11.3 Å². The number of hydrogen-bond donors (Lipinski definition) is 2. The smallest absolute Gasteiger partial charge is 0.253 e. The van der Waals surface area contributed by atoms with Crippen LogP contribution in [0.2, 0.25) is 0 Å². The van der Waals surface area contributed by atoms with Crippen LogP contribution in [0, 0.1) is 12.7 Å². The second-order valence-corrected chi connectivity index (χ2v) is 6.50. The maximum absolute atomic E-state index is 12.8. The highest BCUT2D eigenvalue weighted by Gasteiger charge is 2.18. The number of aryl methyl sites for hydroxylation is 1. The zero-order valence-electron chi connectivity index (χ0n) is 12.8. The van der Waals surface area contributed by atoms with E-state index in [1.54, 1.807) is 11.3 Å². The van der Waals surface area contributed by atoms with Crippen LogP contribution in [0.25, 0.3) is 0 Å². The number of aromatic nitrogens is 1. The molecule has 1 aromatic heterocycles. The number of benzene rings is 1. The Hall–Kier alpha value is -1.79. The molecule has 2 aromatic rings. The minimum absolute atomic E-state index is 0.327. The highest BCUT2D eigenvalue weighted by molar-refractivity contribution is 7.11. The van der Waals surface area contributed by atoms with Gasteiger partial charge in [-0.05, 0) is 24.6 Å². The second kappa shape index (κ2) is 6.98. The normalized spacial score (nSPS) is 12.5. The van der Waals surface area contributed by atoms with Crippen molar-refractivity contribution in [2.75, 3.05) is 0 Å². The maximum Gasteiger partial charge on any atom is 0.253 e. The fraction of sp³-hybridized carbons (Fsp3) is 0.375. The molecule has 1 aromatic carbocycles. The summed E-state index contributed by atoms with van der Waals surface area (Å²) in [7, 11) is 0. The number of nitrogens with one attached hydrogen (secondary N) is 1. The zero-order valence-corrected chi connectivity index (χ0v) is 13.6. The zero-order chi connectivity index (χ0) is 16.3. The third-order valence-electron chi connectivity index (χ3n) is 3.26. The minimum atomic E-state index is -1.31. The molecule has 4 nitrogen and oxygen atoms in total. The SMILES string of the molecule is Cc1nc(C(C)C)sc1CNC(=O)[C@H](O)c1ccc(F)cc1. The summed E-state index contributed by atoms with van der Waals surface area (Å²) >= 11 is 1.56. The largest absolute Gasteiger partial charge is 0.378 e. The molecule has 0 saturated heterocycles. The molecule has 1 amide bonds. The van der Waals surface area contributed by atoms with E-state index in [2.05, 4.69) is 24.1 Å². The number of halogens is 1. The van der Waals surface area contributed by atoms with Crippen LogP contribution in [-0.4, -0.2) is 16.0 Å². The van der Waals surface area contributed by atoms with Gasteiger partial charge in [0.05, 0.1) is 17.2 Å². The van der Waals surface area contributed by atoms with E-state index in [1.165, 1.54) is 24.3 Å². The first-order valence-electron chi connectivity index (χ1n) is 7.06. The van der Waals surface area contributed by atoms with Crippen molar-refractivity contribution in [1.29, 1.82) is 0 Å². The van der Waals surface area contributed by atoms with Gasteiger partial charge in [0.25, 0.3) is 5.91 Å². The van der Waals surface area contributed by atoms with Gasteiger partial charge in [-0.1, -0.05) is 26.0 Å². The van der Waals surface area contributed by atoms with E-state index < -0.39 is 17.8 Å². The van der Waals surface area contributed by atoms with Crippen molar-refractivity contribution in [2.45, 2.75) is 39.3 Å². The van der Waals surface area contributed by atoms with Crippen LogP contribution >= 0.6 is 11.3 Å². The van der Waals surface area contributed by atoms with E-state index in [0.29, 0.717) is 18.0 Å². The van der Waals surface area contributed by atoms with E-state index in [4.69, 9.17) is 0 Å². The number of carbonyl (C=O) groups excluding carboxylic acids is 1. The second-order valence-electron chi connectivity index (χ2n) is 5.39. The molecule has 0 aliphatic carbocycles. The van der Waals surface area contributed by atoms with Gasteiger partial charge < -0.3 is 10.4 Å². The van der Waals surface area contributed by atoms with Gasteiger partial charge in [-0.15, -0.1) is 11.3 Å². The topological polar surface area (TPSA) is 62.2 Å². The van der Waals surface area contributed by atoms with Gasteiger partial charge in [-0.3, -0.25) is 4.79 Å². The highest BCUT2D eigenvalue weighted by Crippen LogP contribution is 2.24. The molecule has 0 bridgehead atoms. The summed E-state index contributed by atoms with van der Waals surface area (Å²) in [5, 5.41) is 13.7. The van der Waals surface area contributed by atoms with Gasteiger partial charge in [0.15, 0.2) is 6.10 Å². The molecule has 0 aliphatic rings. The average Bonchev–Trinajstić information content (AvgIpc) is 2.86. The van der Waals surface area contributed by atoms with Crippen LogP contribution in [0.15, 0.2) is 24.3 Å². The van der Waals surface area contributed by atoms with Crippen LogP contribution in [0.1, 0.15) is 47.0 Å². The van der Waals surface area contributed by atoms with Crippen molar-refractivity contribution in [1.82, 2.24) is 10.3 Å². The third kappa shape index (κ3) is 3.90. The summed E-state index contributed by atoms with van der Waals surface area (Å²) in [5.41, 5.74) is 1.26. The standard InChI is InChI=1S/C16H19FN2O2S/c1-9(2)16-19-10(3)13(22-16)8-18-15(21)14(20)11-4-6-12(17)7-5-11/h4-7,9,14,20H,8H2,1-3H3,(H,18,21)/t14-/m1/s1. The lowest BCUT2D eigenvalue weighted by molar-refractivity contribution is -0.129. The summed E-state index contributed by atoms with van der Waals surface area (Å²) in [4.78, 5) is 17.4. The number of rotatable bonds is 5. The Morgan fingerprint density at radius 2 is 2.00 bits per heavy atom. The van der Waals surface area contributed by atoms with Gasteiger partial charge >= 0.3 is 0 Å². The van der Waals surface area contributed by atoms with Crippen LogP contribution in [0.3, 0.4) is 0 Å². The summed E-state index contributed by atoms with van der Waals surface area (Å²) in [6, 6.07) is 5.23. The monoisotopic (exact) mass is 322 g/mol. The molecule has 6 heteroatoms. The number of amides is 1. The molecule has 0 spiro atoms. The van der Waals surface area contributed by atoms with Crippen molar-refractivity contribution in [2.24, 2.45) is 0 Å². The summed E-state index contributed by atoms with van der Waals surface area (Å²) < 4.78 is 12.8. The van der Waals surface area contributed by atoms with E-state index >= 15 is 0 Å². The van der Waals surface area contributed by atoms with E-state index in [0.717, 1.165) is 15.6 Å². The van der Waals surface area contributed by atoms with Crippen LogP contribution < -0.4 is 5.32 Å². The first kappa shape index (κ1) is 16.6. The van der Waals surface area contributed by atoms with Crippen molar-refractivity contribution >= 4 is 17.2 Å². The molecule has 0 unspecified atom stereocenters. The molecule has 0 fully saturated rings. The predicted octanol–water partition coefficient (Wildman–Crippen LogP) is 3.06. The Labute approximate surface area is 133 Å². The molecular formula is C16H19FN2O2S. The van der Waals surface area contributed by atoms with Crippen molar-refractivity contribution in [3.05, 3.63) is 51.2 Å². The molecule has 0 saturated carbocycles. The van der Waals surface area contributed by atoms with Gasteiger partial charge in [0.1, 0.15) is 5.82 Å². The van der Waals surface area contributed by atoms with Gasteiger partial charge in [0.2, 0.25) is 0 Å². The number of aliphatic hydroxyl groups excluding tert-OH is 1. The van der Waals surface area contributed by atoms with Gasteiger partial charge in [-0.2, -0.15) is 0 Å². The molecule has 1 heterocycles. The number of nitrogens with zero attached hydrogens (tertiary/aromatic N) is 1. The number of hydrogen-bond acceptors (Lipinski definition) is 4. The molecule has 118 valence electrons. The fourth-order valence-electron chi connectivity index (χ4n) is 1.92. The molecule has 2 rings (SSSR count). The van der Waals surface area contributed by atoms with Crippen molar-refractivity contribution in [3.8, 4) is 0 Å². The number of aliphatic hydroxyl groups is 1. The summed E-state index contributed by atoms with van der Waals surface area (Å²) in [6.45, 7) is 6.37. The first-order valence-corrected chi connectivity index (χ1v) is 7.87. The van der Waals surface area contributed by atoms with Crippen molar-refractivity contribution < 1.29 is 14.3 Å². The van der Waals surface area contributed by atoms with Gasteiger partial charge in [0, 0.05) is 10.8 Å². The Balaban J connectivity index is 1.99. The Kier molecular flexibility index (Phi) is 5.26. The van der Waals surface area contributed by atoms with E-state index in [1.807, 2.05) is 6.92 Å². The minimum Gasteiger partial charge on any atom is -0.378 e. The summed E-state index contributed by atoms with van der Waals surface area (Å²) in [6.07, 6.45) is -1.31. The first-order chi connectivity index (χ1) is 10.4. The number of carbonyl (C=O) groups is 1. The fourth-order valence-corrected chi connectivity index (χ4v) is 2.93.